The summed E-state index contributed by atoms with van der Waals surface area (Å²) in [6, 6.07) is 5.80. The van der Waals surface area contributed by atoms with Crippen LogP contribution in [-0.2, 0) is 11.0 Å². The Morgan fingerprint density at radius 2 is 1.88 bits per heavy atom. The Balaban J connectivity index is 1.26. The van der Waals surface area contributed by atoms with E-state index < -0.39 is 11.7 Å². The molecule has 1 amide bonds. The Kier molecular flexibility index (Phi) is 6.35. The van der Waals surface area contributed by atoms with Crippen LogP contribution in [0.3, 0.4) is 0 Å². The van der Waals surface area contributed by atoms with E-state index in [0.717, 1.165) is 18.1 Å². The van der Waals surface area contributed by atoms with Crippen molar-refractivity contribution in [3.63, 3.8) is 0 Å². The molecule has 9 heteroatoms. The minimum absolute atomic E-state index is 0.0698. The van der Waals surface area contributed by atoms with Gasteiger partial charge in [-0.25, -0.2) is 9.98 Å². The minimum Gasteiger partial charge on any atom is -0.335 e. The average Bonchev–Trinajstić information content (AvgIpc) is 3.38. The van der Waals surface area contributed by atoms with Gasteiger partial charge in [-0.3, -0.25) is 9.79 Å². The number of amidine groups is 2. The molecule has 4 atom stereocenters. The van der Waals surface area contributed by atoms with Crippen molar-refractivity contribution in [2.75, 3.05) is 19.0 Å². The zero-order valence-electron chi connectivity index (χ0n) is 18.6. The van der Waals surface area contributed by atoms with Crippen LogP contribution in [0.15, 0.2) is 50.9 Å². The molecule has 34 heavy (non-hydrogen) atoms. The summed E-state index contributed by atoms with van der Waals surface area (Å²) in [5, 5.41) is 0. The number of rotatable bonds is 4. The number of benzene rings is 1. The Bertz CT molecular complexity index is 1080. The van der Waals surface area contributed by atoms with Gasteiger partial charge in [-0.05, 0) is 60.6 Å². The van der Waals surface area contributed by atoms with Gasteiger partial charge >= 0.3 is 6.18 Å². The van der Waals surface area contributed by atoms with Gasteiger partial charge in [0.2, 0.25) is 5.84 Å². The van der Waals surface area contributed by atoms with Crippen molar-refractivity contribution in [2.24, 2.45) is 26.8 Å². The maximum Gasteiger partial charge on any atom is 0.416 e. The normalized spacial score (nSPS) is 31.1. The smallest absolute Gasteiger partial charge is 0.335 e. The molecule has 4 aliphatic rings. The van der Waals surface area contributed by atoms with Gasteiger partial charge in [0.05, 0.1) is 11.6 Å². The van der Waals surface area contributed by atoms with Crippen LogP contribution in [0.1, 0.15) is 49.1 Å². The predicted octanol–water partition coefficient (Wildman–Crippen LogP) is 5.26. The number of carbonyl (C=O) groups excluding carboxylic acids is 1. The summed E-state index contributed by atoms with van der Waals surface area (Å²) < 4.78 is 40.4. The number of fused-ring (bicyclic) bond motifs is 3. The molecule has 2 bridgehead atoms. The number of halogens is 4. The van der Waals surface area contributed by atoms with Crippen LogP contribution in [-0.4, -0.2) is 53.7 Å². The van der Waals surface area contributed by atoms with Crippen LogP contribution < -0.4 is 0 Å². The topological polar surface area (TPSA) is 57.4 Å². The number of hydrogen-bond donors (Lipinski definition) is 0. The molecule has 1 aromatic carbocycles. The van der Waals surface area contributed by atoms with Gasteiger partial charge in [0, 0.05) is 31.6 Å². The number of alkyl halides is 4. The van der Waals surface area contributed by atoms with E-state index in [4.69, 9.17) is 11.6 Å². The fourth-order valence-electron chi connectivity index (χ4n) is 5.69. The minimum atomic E-state index is -4.35. The molecule has 1 unspecified atom stereocenters. The van der Waals surface area contributed by atoms with Crippen LogP contribution in [0.5, 0.6) is 0 Å². The molecule has 2 fully saturated rings. The van der Waals surface area contributed by atoms with E-state index in [2.05, 4.69) is 21.1 Å². The van der Waals surface area contributed by atoms with Gasteiger partial charge in [0.1, 0.15) is 5.84 Å². The van der Waals surface area contributed by atoms with Gasteiger partial charge in [0.15, 0.2) is 0 Å². The lowest BCUT2D eigenvalue weighted by Crippen LogP contribution is -2.37. The summed E-state index contributed by atoms with van der Waals surface area (Å²) >= 11 is 5.84. The maximum absolute atomic E-state index is 13.5. The lowest BCUT2D eigenvalue weighted by molar-refractivity contribution is -0.138. The van der Waals surface area contributed by atoms with Crippen LogP contribution in [0.4, 0.5) is 13.2 Å². The molecule has 0 N–H and O–H groups in total. The molecule has 0 spiro atoms. The molecule has 5 nitrogen and oxygen atoms in total. The second-order valence-electron chi connectivity index (χ2n) is 9.53. The lowest BCUT2D eigenvalue weighted by atomic mass is 9.91. The molecule has 1 saturated carbocycles. The molecule has 0 radical (unpaired) electrons. The molecule has 5 rings (SSSR count). The van der Waals surface area contributed by atoms with Crippen LogP contribution in [0, 0.1) is 11.8 Å². The van der Waals surface area contributed by atoms with E-state index in [9.17, 15) is 18.0 Å². The van der Waals surface area contributed by atoms with E-state index in [0.29, 0.717) is 56.1 Å². The Morgan fingerprint density at radius 3 is 2.59 bits per heavy atom. The highest BCUT2D eigenvalue weighted by atomic mass is 35.5. The van der Waals surface area contributed by atoms with E-state index in [1.54, 1.807) is 23.2 Å². The maximum atomic E-state index is 13.5. The number of allylic oxidation sites excluding steroid dienone is 1. The van der Waals surface area contributed by atoms with Crippen molar-refractivity contribution < 1.29 is 18.0 Å². The molecule has 1 aliphatic carbocycles. The Morgan fingerprint density at radius 1 is 1.15 bits per heavy atom. The highest BCUT2D eigenvalue weighted by Crippen LogP contribution is 2.48. The molecule has 180 valence electrons. The van der Waals surface area contributed by atoms with Crippen LogP contribution in [0.2, 0.25) is 0 Å². The van der Waals surface area contributed by atoms with Gasteiger partial charge in [-0.15, -0.1) is 11.6 Å². The van der Waals surface area contributed by atoms with E-state index in [-0.39, 0.29) is 35.5 Å². The van der Waals surface area contributed by atoms with Gasteiger partial charge in [-0.2, -0.15) is 13.2 Å². The summed E-state index contributed by atoms with van der Waals surface area (Å²) in [4.78, 5) is 28.5. The fraction of sp³-hybridized carbons (Fsp3) is 0.520. The molecule has 1 aromatic rings. The SMILES string of the molecule is O=C(C1=NC2C/C=C(CCCl)\C=N/C(=N1)C2)N1C[C@H]2C[C@@H](c3ccccc3C(F)(F)F)C[C@H]2C1. The molecule has 3 heterocycles. The Labute approximate surface area is 201 Å². The van der Waals surface area contributed by atoms with Crippen molar-refractivity contribution in [1.82, 2.24) is 4.90 Å². The first-order valence-corrected chi connectivity index (χ1v) is 12.2. The number of amides is 1. The molecule has 1 saturated heterocycles. The van der Waals surface area contributed by atoms with Crippen molar-refractivity contribution in [2.45, 2.75) is 50.2 Å². The highest BCUT2D eigenvalue weighted by Gasteiger charge is 2.45. The zero-order chi connectivity index (χ0) is 23.9. The second kappa shape index (κ2) is 9.29. The third-order valence-corrected chi connectivity index (χ3v) is 7.50. The lowest BCUT2D eigenvalue weighted by Gasteiger charge is -2.23. The summed E-state index contributed by atoms with van der Waals surface area (Å²) in [6.07, 6.45) is 2.84. The quantitative estimate of drug-likeness (QED) is 0.531. The number of likely N-dealkylation sites (tertiary alicyclic amines) is 1. The van der Waals surface area contributed by atoms with Gasteiger partial charge < -0.3 is 4.90 Å². The third-order valence-electron chi connectivity index (χ3n) is 7.31. The first-order chi connectivity index (χ1) is 16.3. The molecular weight excluding hydrogens is 465 g/mol. The summed E-state index contributed by atoms with van der Waals surface area (Å²) in [5.74, 6) is 1.36. The second-order valence-corrected chi connectivity index (χ2v) is 9.91. The van der Waals surface area contributed by atoms with Crippen molar-refractivity contribution >= 4 is 35.4 Å². The van der Waals surface area contributed by atoms with Gasteiger partial charge in [-0.1, -0.05) is 24.3 Å². The number of carbonyl (C=O) groups is 1. The molecule has 3 aliphatic heterocycles. The summed E-state index contributed by atoms with van der Waals surface area (Å²) in [5.41, 5.74) is 0.888. The Hall–Kier alpha value is -2.48. The molecular formula is C25H26ClF3N4O. The average molecular weight is 491 g/mol. The number of nitrogens with zero attached hydrogens (tertiary/aromatic N) is 4. The largest absolute Gasteiger partial charge is 0.416 e. The van der Waals surface area contributed by atoms with Gasteiger partial charge in [0.25, 0.3) is 5.91 Å². The standard InChI is InChI=1S/C25H26ClF3N4O/c26-8-7-15-5-6-19-11-22(30-12-15)32-23(31-19)24(34)33-13-17-9-16(10-18(17)14-33)20-3-1-2-4-21(20)25(27,28)29/h1-5,12,16-19H,6-11,13-14H2/b15-5-,30-12-/t16-,17-,18+,19?. The monoisotopic (exact) mass is 490 g/mol. The van der Waals surface area contributed by atoms with E-state index in [1.807, 2.05) is 0 Å². The van der Waals surface area contributed by atoms with E-state index in [1.165, 1.54) is 6.07 Å². The number of hydrogen-bond acceptors (Lipinski definition) is 4. The molecule has 0 aromatic heterocycles. The van der Waals surface area contributed by atoms with Crippen LogP contribution in [0.25, 0.3) is 0 Å². The summed E-state index contributed by atoms with van der Waals surface area (Å²) in [6.45, 7) is 1.07. The van der Waals surface area contributed by atoms with Crippen LogP contribution >= 0.6 is 11.6 Å². The first-order valence-electron chi connectivity index (χ1n) is 11.7. The highest BCUT2D eigenvalue weighted by molar-refractivity contribution is 6.40. The zero-order valence-corrected chi connectivity index (χ0v) is 19.4. The van der Waals surface area contributed by atoms with Crippen molar-refractivity contribution in [3.8, 4) is 0 Å². The number of aliphatic imine (C=N–C) groups is 3. The summed E-state index contributed by atoms with van der Waals surface area (Å²) in [7, 11) is 0. The fourth-order valence-corrected chi connectivity index (χ4v) is 5.91. The van der Waals surface area contributed by atoms with Crippen molar-refractivity contribution in [1.29, 1.82) is 0 Å². The van der Waals surface area contributed by atoms with Crippen molar-refractivity contribution in [3.05, 3.63) is 47.0 Å². The third kappa shape index (κ3) is 4.69. The van der Waals surface area contributed by atoms with E-state index >= 15 is 0 Å². The first kappa shape index (κ1) is 23.3. The predicted molar refractivity (Wildman–Crippen MR) is 127 cm³/mol.